The summed E-state index contributed by atoms with van der Waals surface area (Å²) in [6.07, 6.45) is -4.30. The Hall–Kier alpha value is -1.98. The van der Waals surface area contributed by atoms with Crippen LogP contribution in [0.25, 0.3) is 0 Å². The lowest BCUT2D eigenvalue weighted by molar-refractivity contribution is -0.137. The number of H-pyrrole nitrogens is 1. The molecule has 2 rings (SSSR count). The van der Waals surface area contributed by atoms with Gasteiger partial charge in [0.1, 0.15) is 0 Å². The van der Waals surface area contributed by atoms with Crippen molar-refractivity contribution in [2.24, 2.45) is 0 Å². The van der Waals surface area contributed by atoms with Gasteiger partial charge in [-0.25, -0.2) is 0 Å². The van der Waals surface area contributed by atoms with E-state index in [1.807, 2.05) is 13.8 Å². The van der Waals surface area contributed by atoms with Crippen LogP contribution in [0.5, 0.6) is 0 Å². The van der Waals surface area contributed by atoms with Gasteiger partial charge < -0.3 is 5.32 Å². The van der Waals surface area contributed by atoms with E-state index in [4.69, 9.17) is 0 Å². The number of halogens is 3. The number of aromatic nitrogens is 2. The van der Waals surface area contributed by atoms with Gasteiger partial charge in [0.05, 0.1) is 11.3 Å². The van der Waals surface area contributed by atoms with E-state index >= 15 is 0 Å². The van der Waals surface area contributed by atoms with Gasteiger partial charge in [0, 0.05) is 23.5 Å². The topological polar surface area (TPSA) is 40.7 Å². The first-order chi connectivity index (χ1) is 8.88. The van der Waals surface area contributed by atoms with E-state index in [-0.39, 0.29) is 0 Å². The fourth-order valence-corrected chi connectivity index (χ4v) is 1.80. The third-order valence-electron chi connectivity index (χ3n) is 2.96. The Bertz CT molecular complexity index is 536. The summed E-state index contributed by atoms with van der Waals surface area (Å²) in [5.74, 6) is 0. The fourth-order valence-electron chi connectivity index (χ4n) is 1.80. The molecular weight excluding hydrogens is 255 g/mol. The zero-order valence-electron chi connectivity index (χ0n) is 10.6. The Labute approximate surface area is 108 Å². The lowest BCUT2D eigenvalue weighted by atomic mass is 10.1. The maximum absolute atomic E-state index is 12.4. The second-order valence-corrected chi connectivity index (χ2v) is 4.34. The molecule has 0 saturated heterocycles. The van der Waals surface area contributed by atoms with Gasteiger partial charge in [0.15, 0.2) is 0 Å². The summed E-state index contributed by atoms with van der Waals surface area (Å²) in [6.45, 7) is 4.32. The van der Waals surface area contributed by atoms with Crippen LogP contribution < -0.4 is 5.32 Å². The molecule has 0 aliphatic carbocycles. The molecule has 0 spiro atoms. The van der Waals surface area contributed by atoms with Crippen molar-refractivity contribution in [1.29, 1.82) is 0 Å². The molecule has 0 aliphatic rings. The SMILES string of the molecule is Cc1n[nH]c(C)c1CNc1ccc(C(F)(F)F)cc1. The van der Waals surface area contributed by atoms with Gasteiger partial charge in [-0.15, -0.1) is 0 Å². The molecule has 3 nitrogen and oxygen atoms in total. The molecule has 0 unspecified atom stereocenters. The molecule has 0 bridgehead atoms. The lowest BCUT2D eigenvalue weighted by Gasteiger charge is -2.09. The van der Waals surface area contributed by atoms with Crippen LogP contribution in [0.1, 0.15) is 22.5 Å². The van der Waals surface area contributed by atoms with Crippen molar-refractivity contribution in [3.63, 3.8) is 0 Å². The van der Waals surface area contributed by atoms with E-state index in [0.29, 0.717) is 12.2 Å². The average Bonchev–Trinajstić information content (AvgIpc) is 2.66. The molecule has 1 aromatic carbocycles. The highest BCUT2D eigenvalue weighted by Crippen LogP contribution is 2.29. The van der Waals surface area contributed by atoms with Crippen LogP contribution in [-0.4, -0.2) is 10.2 Å². The van der Waals surface area contributed by atoms with Crippen LogP contribution in [0.4, 0.5) is 18.9 Å². The third kappa shape index (κ3) is 3.07. The molecule has 19 heavy (non-hydrogen) atoms. The fraction of sp³-hybridized carbons (Fsp3) is 0.308. The largest absolute Gasteiger partial charge is 0.416 e. The van der Waals surface area contributed by atoms with Gasteiger partial charge in [-0.05, 0) is 38.1 Å². The van der Waals surface area contributed by atoms with E-state index < -0.39 is 11.7 Å². The van der Waals surface area contributed by atoms with E-state index in [2.05, 4.69) is 15.5 Å². The summed E-state index contributed by atoms with van der Waals surface area (Å²) < 4.78 is 37.2. The third-order valence-corrected chi connectivity index (χ3v) is 2.96. The second kappa shape index (κ2) is 4.95. The number of nitrogens with zero attached hydrogens (tertiary/aromatic N) is 1. The van der Waals surface area contributed by atoms with Crippen LogP contribution >= 0.6 is 0 Å². The lowest BCUT2D eigenvalue weighted by Crippen LogP contribution is -2.05. The first kappa shape index (κ1) is 13.5. The van der Waals surface area contributed by atoms with E-state index in [1.54, 1.807) is 0 Å². The quantitative estimate of drug-likeness (QED) is 0.892. The number of benzene rings is 1. The number of alkyl halides is 3. The predicted octanol–water partition coefficient (Wildman–Crippen LogP) is 3.66. The zero-order chi connectivity index (χ0) is 14.0. The maximum atomic E-state index is 12.4. The first-order valence-corrected chi connectivity index (χ1v) is 5.79. The van der Waals surface area contributed by atoms with E-state index in [1.165, 1.54) is 12.1 Å². The Kier molecular flexibility index (Phi) is 3.50. The van der Waals surface area contributed by atoms with Gasteiger partial charge in [0.25, 0.3) is 0 Å². The van der Waals surface area contributed by atoms with Gasteiger partial charge >= 0.3 is 6.18 Å². The molecular formula is C13H14F3N3. The summed E-state index contributed by atoms with van der Waals surface area (Å²) >= 11 is 0. The van der Waals surface area contributed by atoms with Crippen LogP contribution in [0.15, 0.2) is 24.3 Å². The minimum absolute atomic E-state index is 0.527. The highest BCUT2D eigenvalue weighted by atomic mass is 19.4. The predicted molar refractivity (Wildman–Crippen MR) is 66.8 cm³/mol. The normalized spacial score (nSPS) is 11.6. The molecule has 2 N–H and O–H groups in total. The second-order valence-electron chi connectivity index (χ2n) is 4.34. The van der Waals surface area contributed by atoms with Crippen molar-refractivity contribution in [2.75, 3.05) is 5.32 Å². The molecule has 1 aromatic heterocycles. The molecule has 1 heterocycles. The van der Waals surface area contributed by atoms with Crippen LogP contribution in [0.3, 0.4) is 0 Å². The number of anilines is 1. The van der Waals surface area contributed by atoms with Gasteiger partial charge in [-0.2, -0.15) is 18.3 Å². The summed E-state index contributed by atoms with van der Waals surface area (Å²) in [5.41, 5.74) is 2.87. The van der Waals surface area contributed by atoms with Gasteiger partial charge in [0.2, 0.25) is 0 Å². The Balaban J connectivity index is 2.05. The molecule has 0 fully saturated rings. The van der Waals surface area contributed by atoms with Crippen LogP contribution in [0, 0.1) is 13.8 Å². The summed E-state index contributed by atoms with van der Waals surface area (Å²) in [5, 5.41) is 10.0. The minimum atomic E-state index is -4.30. The van der Waals surface area contributed by atoms with Crippen molar-refractivity contribution in [3.05, 3.63) is 46.8 Å². The van der Waals surface area contributed by atoms with Crippen molar-refractivity contribution >= 4 is 5.69 Å². The molecule has 0 aliphatic heterocycles. The van der Waals surface area contributed by atoms with Crippen molar-refractivity contribution in [1.82, 2.24) is 10.2 Å². The summed E-state index contributed by atoms with van der Waals surface area (Å²) in [6, 6.07) is 4.98. The van der Waals surface area contributed by atoms with Gasteiger partial charge in [-0.1, -0.05) is 0 Å². The number of hydrogen-bond donors (Lipinski definition) is 2. The number of aromatic amines is 1. The molecule has 6 heteroatoms. The molecule has 0 saturated carbocycles. The smallest absolute Gasteiger partial charge is 0.381 e. The van der Waals surface area contributed by atoms with Crippen LogP contribution in [0.2, 0.25) is 0 Å². The monoisotopic (exact) mass is 269 g/mol. The maximum Gasteiger partial charge on any atom is 0.416 e. The van der Waals surface area contributed by atoms with Gasteiger partial charge in [-0.3, -0.25) is 5.10 Å². The highest BCUT2D eigenvalue weighted by molar-refractivity contribution is 5.46. The van der Waals surface area contributed by atoms with E-state index in [0.717, 1.165) is 29.1 Å². The molecule has 2 aromatic rings. The van der Waals surface area contributed by atoms with Crippen molar-refractivity contribution in [2.45, 2.75) is 26.6 Å². The first-order valence-electron chi connectivity index (χ1n) is 5.79. The van der Waals surface area contributed by atoms with Crippen molar-refractivity contribution < 1.29 is 13.2 Å². The number of rotatable bonds is 3. The summed E-state index contributed by atoms with van der Waals surface area (Å²) in [4.78, 5) is 0. The minimum Gasteiger partial charge on any atom is -0.381 e. The van der Waals surface area contributed by atoms with Crippen LogP contribution in [-0.2, 0) is 12.7 Å². The van der Waals surface area contributed by atoms with Crippen molar-refractivity contribution in [3.8, 4) is 0 Å². The standard InChI is InChI=1S/C13H14F3N3/c1-8-12(9(2)19-18-8)7-17-11-5-3-10(4-6-11)13(14,15)16/h3-6,17H,7H2,1-2H3,(H,18,19). The average molecular weight is 269 g/mol. The summed E-state index contributed by atoms with van der Waals surface area (Å²) in [7, 11) is 0. The molecule has 102 valence electrons. The highest BCUT2D eigenvalue weighted by Gasteiger charge is 2.29. The number of nitrogens with one attached hydrogen (secondary N) is 2. The Morgan fingerprint density at radius 2 is 1.79 bits per heavy atom. The number of aryl methyl sites for hydroxylation is 2. The zero-order valence-corrected chi connectivity index (χ0v) is 10.6. The Morgan fingerprint density at radius 1 is 1.16 bits per heavy atom. The molecule has 0 radical (unpaired) electrons. The number of hydrogen-bond acceptors (Lipinski definition) is 2. The van der Waals surface area contributed by atoms with E-state index in [9.17, 15) is 13.2 Å². The molecule has 0 amide bonds. The molecule has 0 atom stereocenters. The Morgan fingerprint density at radius 3 is 2.26 bits per heavy atom.